The number of amides is 1. The van der Waals surface area contributed by atoms with Crippen LogP contribution in [0.2, 0.25) is 0 Å². The first-order valence-corrected chi connectivity index (χ1v) is 14.5. The number of aromatic nitrogens is 3. The molecule has 10 heteroatoms. The summed E-state index contributed by atoms with van der Waals surface area (Å²) in [5.41, 5.74) is 4.54. The first-order chi connectivity index (χ1) is 18.7. The Morgan fingerprint density at radius 3 is 2.41 bits per heavy atom. The highest BCUT2D eigenvalue weighted by atomic mass is 32.2. The summed E-state index contributed by atoms with van der Waals surface area (Å²) < 4.78 is 18.5. The number of thioether (sulfide) groups is 1. The summed E-state index contributed by atoms with van der Waals surface area (Å²) in [4.78, 5) is 31.5. The molecule has 0 radical (unpaired) electrons. The van der Waals surface area contributed by atoms with E-state index in [1.165, 1.54) is 20.8 Å². The van der Waals surface area contributed by atoms with E-state index in [0.717, 1.165) is 40.6 Å². The Morgan fingerprint density at radius 2 is 1.72 bits per heavy atom. The summed E-state index contributed by atoms with van der Waals surface area (Å²) in [6.45, 7) is 5.89. The van der Waals surface area contributed by atoms with Crippen LogP contribution in [0.15, 0.2) is 76.7 Å². The fourth-order valence-electron chi connectivity index (χ4n) is 4.11. The van der Waals surface area contributed by atoms with Crippen molar-refractivity contribution in [2.24, 2.45) is 0 Å². The highest BCUT2D eigenvalue weighted by Crippen LogP contribution is 2.29. The number of nitrogens with one attached hydrogen (secondary N) is 1. The summed E-state index contributed by atoms with van der Waals surface area (Å²) in [5.74, 6) is -0.687. The van der Waals surface area contributed by atoms with E-state index in [9.17, 15) is 14.0 Å². The Hall–Kier alpha value is -3.60. The number of hydrogen-bond acceptors (Lipinski definition) is 6. The van der Waals surface area contributed by atoms with Crippen molar-refractivity contribution in [1.82, 2.24) is 14.1 Å². The molecule has 0 bridgehead atoms. The lowest BCUT2D eigenvalue weighted by Crippen LogP contribution is -2.23. The largest absolute Gasteiger partial charge is 0.325 e. The second kappa shape index (κ2) is 11.3. The Balaban J connectivity index is 1.59. The molecule has 1 amide bonds. The molecule has 0 atom stereocenters. The van der Waals surface area contributed by atoms with Crippen LogP contribution in [-0.2, 0) is 11.2 Å². The van der Waals surface area contributed by atoms with Crippen molar-refractivity contribution >= 4 is 57.3 Å². The van der Waals surface area contributed by atoms with Crippen LogP contribution in [0.25, 0.3) is 21.7 Å². The predicted molar refractivity (Wildman–Crippen MR) is 160 cm³/mol. The molecule has 39 heavy (non-hydrogen) atoms. The zero-order valence-electron chi connectivity index (χ0n) is 21.5. The molecule has 0 saturated heterocycles. The topological polar surface area (TPSA) is 68.9 Å². The number of fused-ring (bicyclic) bond motifs is 1. The van der Waals surface area contributed by atoms with Crippen molar-refractivity contribution < 1.29 is 9.18 Å². The van der Waals surface area contributed by atoms with Crippen molar-refractivity contribution in [2.75, 3.05) is 11.1 Å². The van der Waals surface area contributed by atoms with Gasteiger partial charge in [-0.3, -0.25) is 18.7 Å². The van der Waals surface area contributed by atoms with Crippen LogP contribution in [0.3, 0.4) is 0 Å². The average molecular weight is 577 g/mol. The van der Waals surface area contributed by atoms with E-state index in [1.807, 2.05) is 62.4 Å². The van der Waals surface area contributed by atoms with Crippen LogP contribution in [0.1, 0.15) is 23.6 Å². The monoisotopic (exact) mass is 576 g/mol. The molecule has 2 aromatic heterocycles. The quantitative estimate of drug-likeness (QED) is 0.128. The second-order valence-corrected chi connectivity index (χ2v) is 11.7. The van der Waals surface area contributed by atoms with Crippen LogP contribution in [0.4, 0.5) is 10.1 Å². The van der Waals surface area contributed by atoms with Crippen molar-refractivity contribution in [3.63, 3.8) is 0 Å². The van der Waals surface area contributed by atoms with Gasteiger partial charge in [0, 0.05) is 5.69 Å². The number of aryl methyl sites for hydroxylation is 3. The van der Waals surface area contributed by atoms with E-state index in [2.05, 4.69) is 12.2 Å². The van der Waals surface area contributed by atoms with Gasteiger partial charge < -0.3 is 5.32 Å². The van der Waals surface area contributed by atoms with Gasteiger partial charge in [-0.05, 0) is 80.0 Å². The lowest BCUT2D eigenvalue weighted by molar-refractivity contribution is -0.113. The molecule has 6 nitrogen and oxygen atoms in total. The van der Waals surface area contributed by atoms with Crippen LogP contribution in [-0.4, -0.2) is 25.8 Å². The number of anilines is 1. The van der Waals surface area contributed by atoms with E-state index >= 15 is 0 Å². The molecule has 0 spiro atoms. The van der Waals surface area contributed by atoms with Crippen LogP contribution in [0, 0.1) is 23.6 Å². The molecule has 0 aliphatic carbocycles. The summed E-state index contributed by atoms with van der Waals surface area (Å²) >= 11 is 7.80. The maximum Gasteiger partial charge on any atom is 0.278 e. The first kappa shape index (κ1) is 27.0. The molecular formula is C29H25FN4O2S3. The third kappa shape index (κ3) is 5.59. The Bertz CT molecular complexity index is 1810. The van der Waals surface area contributed by atoms with Gasteiger partial charge in [0.25, 0.3) is 5.56 Å². The number of thiazole rings is 1. The van der Waals surface area contributed by atoms with Gasteiger partial charge in [-0.15, -0.1) is 0 Å². The van der Waals surface area contributed by atoms with Crippen molar-refractivity contribution in [2.45, 2.75) is 32.3 Å². The minimum Gasteiger partial charge on any atom is -0.325 e. The molecule has 5 aromatic rings. The number of hydrogen-bond donors (Lipinski definition) is 1. The Morgan fingerprint density at radius 1 is 1.03 bits per heavy atom. The number of carbonyl (C=O) groups is 1. The maximum absolute atomic E-state index is 14.9. The highest BCUT2D eigenvalue weighted by Gasteiger charge is 2.21. The molecule has 2 heterocycles. The Kier molecular flexibility index (Phi) is 7.79. The molecular weight excluding hydrogens is 552 g/mol. The van der Waals surface area contributed by atoms with E-state index in [4.69, 9.17) is 17.2 Å². The van der Waals surface area contributed by atoms with Crippen LogP contribution >= 0.6 is 35.3 Å². The van der Waals surface area contributed by atoms with Crippen molar-refractivity contribution in [3.8, 4) is 11.4 Å². The van der Waals surface area contributed by atoms with E-state index in [1.54, 1.807) is 12.1 Å². The predicted octanol–water partition coefficient (Wildman–Crippen LogP) is 7.02. The number of benzene rings is 3. The molecule has 0 aliphatic rings. The molecule has 0 saturated carbocycles. The summed E-state index contributed by atoms with van der Waals surface area (Å²) in [6, 6.07) is 19.9. The van der Waals surface area contributed by atoms with E-state index < -0.39 is 5.82 Å². The number of halogens is 1. The van der Waals surface area contributed by atoms with Crippen LogP contribution in [0.5, 0.6) is 0 Å². The molecule has 5 rings (SSSR count). The fraction of sp³-hybridized carbons (Fsp3) is 0.172. The van der Waals surface area contributed by atoms with Crippen molar-refractivity contribution in [1.29, 1.82) is 0 Å². The standard InChI is InChI=1S/C29H25FN4O2S3/c1-4-19-8-10-20(11-9-19)31-24(35)16-38-28-32-26-25(27(36)33(28)21-12-5-17(2)6-13-21)39-29(37)34(26)23-15-18(3)7-14-22(23)30/h5-15H,4,16H2,1-3H3,(H,31,35). The molecule has 0 fully saturated rings. The molecule has 0 aliphatic heterocycles. The summed E-state index contributed by atoms with van der Waals surface area (Å²) in [5, 5.41) is 3.20. The number of nitrogens with zero attached hydrogens (tertiary/aromatic N) is 3. The highest BCUT2D eigenvalue weighted by molar-refractivity contribution is 7.99. The van der Waals surface area contributed by atoms with Gasteiger partial charge in [0.05, 0.1) is 17.1 Å². The van der Waals surface area contributed by atoms with Gasteiger partial charge in [-0.2, -0.15) is 0 Å². The van der Waals surface area contributed by atoms with Gasteiger partial charge in [0.1, 0.15) is 10.5 Å². The number of carbonyl (C=O) groups excluding carboxylic acids is 1. The zero-order valence-corrected chi connectivity index (χ0v) is 24.0. The summed E-state index contributed by atoms with van der Waals surface area (Å²) in [7, 11) is 0. The molecule has 0 unspecified atom stereocenters. The van der Waals surface area contributed by atoms with Gasteiger partial charge in [0.2, 0.25) is 5.91 Å². The van der Waals surface area contributed by atoms with Crippen molar-refractivity contribution in [3.05, 3.63) is 104 Å². The van der Waals surface area contributed by atoms with Gasteiger partial charge in [-0.1, -0.05) is 65.9 Å². The summed E-state index contributed by atoms with van der Waals surface area (Å²) in [6.07, 6.45) is 0.913. The lowest BCUT2D eigenvalue weighted by atomic mass is 10.1. The van der Waals surface area contributed by atoms with E-state index in [-0.39, 0.29) is 28.6 Å². The number of rotatable bonds is 7. The third-order valence-corrected chi connectivity index (χ3v) is 8.48. The van der Waals surface area contributed by atoms with Crippen LogP contribution < -0.4 is 10.9 Å². The minimum atomic E-state index is -0.469. The Labute approximate surface area is 238 Å². The minimum absolute atomic E-state index is 0.0169. The SMILES string of the molecule is CCc1ccc(NC(=O)CSc2nc3c(sc(=S)n3-c3cc(C)ccc3F)c(=O)n2-c2ccc(C)cc2)cc1. The molecule has 198 valence electrons. The fourth-order valence-corrected chi connectivity index (χ4v) is 6.20. The van der Waals surface area contributed by atoms with E-state index in [0.29, 0.717) is 25.2 Å². The normalized spacial score (nSPS) is 11.2. The first-order valence-electron chi connectivity index (χ1n) is 12.3. The lowest BCUT2D eigenvalue weighted by Gasteiger charge is -2.14. The average Bonchev–Trinajstić information content (AvgIpc) is 3.26. The molecule has 1 N–H and O–H groups in total. The third-order valence-electron chi connectivity index (χ3n) is 6.19. The maximum atomic E-state index is 14.9. The smallest absolute Gasteiger partial charge is 0.278 e. The second-order valence-electron chi connectivity index (χ2n) is 9.07. The van der Waals surface area contributed by atoms with Gasteiger partial charge >= 0.3 is 0 Å². The molecule has 3 aromatic carbocycles. The van der Waals surface area contributed by atoms with Gasteiger partial charge in [-0.25, -0.2) is 9.37 Å². The zero-order chi connectivity index (χ0) is 27.7. The van der Waals surface area contributed by atoms with Gasteiger partial charge in [0.15, 0.2) is 14.8 Å².